The van der Waals surface area contributed by atoms with E-state index in [-0.39, 0.29) is 11.7 Å². The summed E-state index contributed by atoms with van der Waals surface area (Å²) in [5.74, 6) is 0.534. The highest BCUT2D eigenvalue weighted by Gasteiger charge is 2.20. The zero-order valence-electron chi connectivity index (χ0n) is 11.0. The lowest BCUT2D eigenvalue weighted by Gasteiger charge is -2.22. The van der Waals surface area contributed by atoms with Gasteiger partial charge in [-0.1, -0.05) is 5.21 Å². The molecule has 8 heteroatoms. The molecule has 0 atom stereocenters. The van der Waals surface area contributed by atoms with Crippen LogP contribution >= 0.6 is 0 Å². The summed E-state index contributed by atoms with van der Waals surface area (Å²) in [5.41, 5.74) is 0. The topological polar surface area (TPSA) is 88.9 Å². The van der Waals surface area contributed by atoms with Crippen LogP contribution in [-0.4, -0.2) is 48.8 Å². The fourth-order valence-corrected chi connectivity index (χ4v) is 3.77. The smallest absolute Gasteiger partial charge is 0.211 e. The van der Waals surface area contributed by atoms with Crippen LogP contribution in [0.1, 0.15) is 19.3 Å². The molecular formula is C11H21N5O2S. The van der Waals surface area contributed by atoms with Gasteiger partial charge in [0, 0.05) is 19.3 Å². The summed E-state index contributed by atoms with van der Waals surface area (Å²) in [7, 11) is -3.15. The molecule has 0 amide bonds. The number of nitrogens with one attached hydrogen (secondary N) is 2. The van der Waals surface area contributed by atoms with Gasteiger partial charge in [0.15, 0.2) is 0 Å². The van der Waals surface area contributed by atoms with Crippen LogP contribution in [-0.2, 0) is 16.6 Å². The van der Waals surface area contributed by atoms with Crippen molar-refractivity contribution < 1.29 is 8.42 Å². The zero-order valence-corrected chi connectivity index (χ0v) is 11.8. The molecule has 2 N–H and O–H groups in total. The molecular weight excluding hydrogens is 266 g/mol. The van der Waals surface area contributed by atoms with Crippen LogP contribution in [0.5, 0.6) is 0 Å². The molecule has 1 aliphatic heterocycles. The summed E-state index contributed by atoms with van der Waals surface area (Å²) >= 11 is 0. The van der Waals surface area contributed by atoms with E-state index >= 15 is 0 Å². The Labute approximate surface area is 113 Å². The quantitative estimate of drug-likeness (QED) is 0.665. The van der Waals surface area contributed by atoms with Gasteiger partial charge in [0.25, 0.3) is 0 Å². The zero-order chi connectivity index (χ0) is 13.6. The fourth-order valence-electron chi connectivity index (χ4n) is 2.24. The van der Waals surface area contributed by atoms with Gasteiger partial charge in [-0.25, -0.2) is 13.1 Å². The first-order chi connectivity index (χ1) is 9.16. The Morgan fingerprint density at radius 1 is 1.37 bits per heavy atom. The molecule has 1 fully saturated rings. The molecule has 7 nitrogen and oxygen atoms in total. The Morgan fingerprint density at radius 2 is 2.16 bits per heavy atom. The number of hydrogen-bond donors (Lipinski definition) is 2. The molecule has 0 saturated carbocycles. The lowest BCUT2D eigenvalue weighted by atomic mass is 10.0. The van der Waals surface area contributed by atoms with Crippen molar-refractivity contribution in [3.8, 4) is 0 Å². The fraction of sp³-hybridized carbons (Fsp3) is 0.818. The highest BCUT2D eigenvalue weighted by molar-refractivity contribution is 7.89. The number of sulfonamides is 1. The summed E-state index contributed by atoms with van der Waals surface area (Å²) in [6, 6.07) is 0. The molecule has 0 bridgehead atoms. The van der Waals surface area contributed by atoms with E-state index < -0.39 is 10.0 Å². The van der Waals surface area contributed by atoms with Crippen LogP contribution in [0, 0.1) is 5.92 Å². The van der Waals surface area contributed by atoms with Gasteiger partial charge in [0.1, 0.15) is 0 Å². The summed E-state index contributed by atoms with van der Waals surface area (Å²) in [5, 5.41) is 10.8. The Morgan fingerprint density at radius 3 is 2.84 bits per heavy atom. The maximum Gasteiger partial charge on any atom is 0.211 e. The van der Waals surface area contributed by atoms with E-state index in [1.54, 1.807) is 17.1 Å². The van der Waals surface area contributed by atoms with Crippen molar-refractivity contribution in [3.05, 3.63) is 12.4 Å². The van der Waals surface area contributed by atoms with Crippen LogP contribution in [0.4, 0.5) is 0 Å². The normalized spacial score (nSPS) is 17.7. The van der Waals surface area contributed by atoms with Crippen molar-refractivity contribution >= 4 is 10.0 Å². The lowest BCUT2D eigenvalue weighted by molar-refractivity contribution is 0.400. The van der Waals surface area contributed by atoms with E-state index in [1.807, 2.05) is 0 Å². The molecule has 2 rings (SSSR count). The largest absolute Gasteiger partial charge is 0.317 e. The number of nitrogens with zero attached hydrogens (tertiary/aromatic N) is 3. The van der Waals surface area contributed by atoms with E-state index in [4.69, 9.17) is 0 Å². The molecule has 2 heterocycles. The van der Waals surface area contributed by atoms with Crippen LogP contribution < -0.4 is 10.0 Å². The Balaban J connectivity index is 1.65. The minimum Gasteiger partial charge on any atom is -0.317 e. The van der Waals surface area contributed by atoms with E-state index in [0.29, 0.717) is 13.1 Å². The third-order valence-corrected chi connectivity index (χ3v) is 4.83. The monoisotopic (exact) mass is 287 g/mol. The Bertz CT molecular complexity index is 453. The number of aryl methyl sites for hydroxylation is 1. The average molecular weight is 287 g/mol. The van der Waals surface area contributed by atoms with Crippen LogP contribution in [0.2, 0.25) is 0 Å². The van der Waals surface area contributed by atoms with Gasteiger partial charge >= 0.3 is 0 Å². The molecule has 0 aromatic carbocycles. The number of rotatable bonds is 7. The number of aromatic nitrogens is 3. The maximum atomic E-state index is 11.9. The van der Waals surface area contributed by atoms with Crippen molar-refractivity contribution in [1.29, 1.82) is 0 Å². The molecule has 1 aromatic rings. The van der Waals surface area contributed by atoms with Gasteiger partial charge in [-0.15, -0.1) is 5.10 Å². The van der Waals surface area contributed by atoms with E-state index in [2.05, 4.69) is 20.4 Å². The van der Waals surface area contributed by atoms with E-state index in [0.717, 1.165) is 32.4 Å². The number of hydrogen-bond acceptors (Lipinski definition) is 5. The van der Waals surface area contributed by atoms with Gasteiger partial charge in [-0.2, -0.15) is 0 Å². The lowest BCUT2D eigenvalue weighted by Crippen LogP contribution is -2.36. The predicted molar refractivity (Wildman–Crippen MR) is 72.0 cm³/mol. The first-order valence-corrected chi connectivity index (χ1v) is 8.33. The van der Waals surface area contributed by atoms with Crippen molar-refractivity contribution in [3.63, 3.8) is 0 Å². The Kier molecular flexibility index (Phi) is 5.29. The van der Waals surface area contributed by atoms with Gasteiger partial charge in [0.2, 0.25) is 10.0 Å². The molecule has 0 radical (unpaired) electrons. The predicted octanol–water partition coefficient (Wildman–Crippen LogP) is -0.413. The van der Waals surface area contributed by atoms with Gasteiger partial charge < -0.3 is 5.32 Å². The second kappa shape index (κ2) is 6.97. The molecule has 0 aliphatic carbocycles. The SMILES string of the molecule is O=S(=O)(CC1CCNCC1)NCCCn1ccnn1. The molecule has 1 aromatic heterocycles. The van der Waals surface area contributed by atoms with E-state index in [1.165, 1.54) is 0 Å². The molecule has 1 saturated heterocycles. The van der Waals surface area contributed by atoms with Gasteiger partial charge in [-0.3, -0.25) is 4.68 Å². The van der Waals surface area contributed by atoms with Crippen LogP contribution in [0.15, 0.2) is 12.4 Å². The van der Waals surface area contributed by atoms with Gasteiger partial charge in [-0.05, 0) is 38.3 Å². The van der Waals surface area contributed by atoms with Crippen molar-refractivity contribution in [1.82, 2.24) is 25.0 Å². The number of piperidine rings is 1. The first-order valence-electron chi connectivity index (χ1n) is 6.68. The highest BCUT2D eigenvalue weighted by Crippen LogP contribution is 2.13. The molecule has 0 spiro atoms. The Hall–Kier alpha value is -0.990. The molecule has 19 heavy (non-hydrogen) atoms. The van der Waals surface area contributed by atoms with E-state index in [9.17, 15) is 8.42 Å². The van der Waals surface area contributed by atoms with Crippen molar-refractivity contribution in [2.24, 2.45) is 5.92 Å². The first kappa shape index (κ1) is 14.4. The van der Waals surface area contributed by atoms with Crippen LogP contribution in [0.3, 0.4) is 0 Å². The third-order valence-electron chi connectivity index (χ3n) is 3.27. The maximum absolute atomic E-state index is 11.9. The summed E-state index contributed by atoms with van der Waals surface area (Å²) in [6.45, 7) is 2.97. The van der Waals surface area contributed by atoms with Crippen molar-refractivity contribution in [2.75, 3.05) is 25.4 Å². The minimum absolute atomic E-state index is 0.248. The van der Waals surface area contributed by atoms with Crippen molar-refractivity contribution in [2.45, 2.75) is 25.8 Å². The van der Waals surface area contributed by atoms with Crippen LogP contribution in [0.25, 0.3) is 0 Å². The second-order valence-electron chi connectivity index (χ2n) is 4.89. The molecule has 108 valence electrons. The molecule has 1 aliphatic rings. The minimum atomic E-state index is -3.15. The molecule has 0 unspecified atom stereocenters. The summed E-state index contributed by atoms with van der Waals surface area (Å²) < 4.78 is 28.1. The standard InChI is InChI=1S/C11H21N5O2S/c17-19(18,10-11-2-5-12-6-3-11)14-4-1-8-16-9-7-13-15-16/h7,9,11-12,14H,1-6,8,10H2. The second-order valence-corrected chi connectivity index (χ2v) is 6.74. The summed E-state index contributed by atoms with van der Waals surface area (Å²) in [4.78, 5) is 0. The average Bonchev–Trinajstić information content (AvgIpc) is 2.88. The van der Waals surface area contributed by atoms with Gasteiger partial charge in [0.05, 0.1) is 11.9 Å². The summed E-state index contributed by atoms with van der Waals surface area (Å²) in [6.07, 6.45) is 5.99. The highest BCUT2D eigenvalue weighted by atomic mass is 32.2. The third kappa shape index (κ3) is 5.25.